The summed E-state index contributed by atoms with van der Waals surface area (Å²) in [6.07, 6.45) is 0. The zero-order chi connectivity index (χ0) is 10.9. The van der Waals surface area contributed by atoms with E-state index in [2.05, 4.69) is 33.8 Å². The number of benzene rings is 1. The zero-order valence-electron chi connectivity index (χ0n) is 9.46. The Kier molecular flexibility index (Phi) is 3.36. The number of hydrogen-bond acceptors (Lipinski definition) is 0. The Labute approximate surface area is 88.4 Å². The van der Waals surface area contributed by atoms with E-state index in [-0.39, 0.29) is 0 Å². The van der Waals surface area contributed by atoms with Gasteiger partial charge in [-0.1, -0.05) is 39.8 Å². The van der Waals surface area contributed by atoms with E-state index in [0.29, 0.717) is 11.8 Å². The van der Waals surface area contributed by atoms with Gasteiger partial charge in [-0.05, 0) is 47.9 Å². The van der Waals surface area contributed by atoms with Gasteiger partial charge in [0.05, 0.1) is 0 Å². The molecule has 0 atom stereocenters. The summed E-state index contributed by atoms with van der Waals surface area (Å²) in [6.45, 7) is 20.4. The van der Waals surface area contributed by atoms with Crippen LogP contribution >= 0.6 is 0 Å². The Morgan fingerprint density at radius 1 is 0.786 bits per heavy atom. The van der Waals surface area contributed by atoms with Crippen LogP contribution in [0.25, 0.3) is 0 Å². The van der Waals surface area contributed by atoms with Crippen molar-refractivity contribution in [3.8, 4) is 0 Å². The summed E-state index contributed by atoms with van der Waals surface area (Å²) >= 11 is 0. The summed E-state index contributed by atoms with van der Waals surface area (Å²) < 4.78 is 0. The van der Waals surface area contributed by atoms with E-state index >= 15 is 0 Å². The molecule has 0 aliphatic carbocycles. The summed E-state index contributed by atoms with van der Waals surface area (Å²) in [5.74, 6) is 0.904. The maximum atomic E-state index is 5.91. The second-order valence-corrected chi connectivity index (χ2v) is 4.42. The Bertz CT molecular complexity index is 290. The van der Waals surface area contributed by atoms with Crippen LogP contribution in [0.2, 0.25) is 0 Å². The minimum atomic E-state index is 0.452. The Morgan fingerprint density at radius 2 is 1.14 bits per heavy atom. The maximum absolute atomic E-state index is 5.91. The molecule has 74 valence electrons. The molecule has 0 amide bonds. The van der Waals surface area contributed by atoms with E-state index in [1.54, 1.807) is 0 Å². The first-order valence-electron chi connectivity index (χ1n) is 5.12. The van der Waals surface area contributed by atoms with Gasteiger partial charge in [0.15, 0.2) is 0 Å². The molecule has 0 heterocycles. The molecule has 0 saturated carbocycles. The van der Waals surface area contributed by atoms with Crippen molar-refractivity contribution < 1.29 is 0 Å². The highest BCUT2D eigenvalue weighted by Crippen LogP contribution is 2.27. The third-order valence-electron chi connectivity index (χ3n) is 2.53. The summed E-state index contributed by atoms with van der Waals surface area (Å²) in [4.78, 5) is 0. The van der Waals surface area contributed by atoms with Crippen molar-refractivity contribution in [3.63, 3.8) is 0 Å². The van der Waals surface area contributed by atoms with E-state index in [1.165, 1.54) is 11.1 Å². The first-order valence-corrected chi connectivity index (χ1v) is 5.12. The highest BCUT2D eigenvalue weighted by molar-refractivity contribution is 5.43. The van der Waals surface area contributed by atoms with Gasteiger partial charge < -0.3 is 0 Å². The van der Waals surface area contributed by atoms with E-state index < -0.39 is 0 Å². The van der Waals surface area contributed by atoms with Crippen molar-refractivity contribution in [2.75, 3.05) is 0 Å². The molecule has 0 N–H and O–H groups in total. The van der Waals surface area contributed by atoms with Crippen molar-refractivity contribution in [2.24, 2.45) is 0 Å². The molecule has 0 bridgehead atoms. The lowest BCUT2D eigenvalue weighted by Crippen LogP contribution is -1.99. The third-order valence-corrected chi connectivity index (χ3v) is 2.53. The van der Waals surface area contributed by atoms with Gasteiger partial charge in [-0.25, -0.2) is 0 Å². The SMILES string of the molecule is [CH]c1cc([CH])c(C(C)C)cc1C(C)C. The quantitative estimate of drug-likeness (QED) is 0.653. The average molecular weight is 186 g/mol. The second-order valence-electron chi connectivity index (χ2n) is 4.42. The van der Waals surface area contributed by atoms with Gasteiger partial charge in [-0.15, -0.1) is 0 Å². The lowest BCUT2D eigenvalue weighted by molar-refractivity contribution is 0.827. The minimum Gasteiger partial charge on any atom is -0.0587 e. The first-order chi connectivity index (χ1) is 6.43. The molecule has 14 heavy (non-hydrogen) atoms. The summed E-state index contributed by atoms with van der Waals surface area (Å²) in [5, 5.41) is 0. The summed E-state index contributed by atoms with van der Waals surface area (Å²) in [5.41, 5.74) is 4.01. The van der Waals surface area contributed by atoms with Crippen LogP contribution in [0.15, 0.2) is 12.1 Å². The van der Waals surface area contributed by atoms with Crippen molar-refractivity contribution in [1.29, 1.82) is 0 Å². The van der Waals surface area contributed by atoms with Crippen LogP contribution in [-0.2, 0) is 0 Å². The Morgan fingerprint density at radius 3 is 1.43 bits per heavy atom. The van der Waals surface area contributed by atoms with Crippen LogP contribution in [0.1, 0.15) is 61.8 Å². The molecular formula is C14H18. The van der Waals surface area contributed by atoms with Crippen molar-refractivity contribution in [3.05, 3.63) is 48.2 Å². The largest absolute Gasteiger partial charge is 0.0587 e. The fraction of sp³-hybridized carbons (Fsp3) is 0.429. The molecule has 0 aliphatic rings. The Balaban J connectivity index is 3.27. The van der Waals surface area contributed by atoms with E-state index in [9.17, 15) is 0 Å². The first kappa shape index (κ1) is 11.3. The van der Waals surface area contributed by atoms with Crippen LogP contribution in [-0.4, -0.2) is 0 Å². The van der Waals surface area contributed by atoms with Gasteiger partial charge >= 0.3 is 0 Å². The molecule has 1 aromatic rings. The lowest BCUT2D eigenvalue weighted by Gasteiger charge is -2.16. The molecule has 0 unspecified atom stereocenters. The lowest BCUT2D eigenvalue weighted by atomic mass is 9.89. The van der Waals surface area contributed by atoms with E-state index in [0.717, 1.165) is 11.1 Å². The molecule has 1 aromatic carbocycles. The molecule has 0 aromatic heterocycles. The molecular weight excluding hydrogens is 168 g/mol. The van der Waals surface area contributed by atoms with Gasteiger partial charge in [0.2, 0.25) is 0 Å². The third kappa shape index (κ3) is 2.17. The molecule has 0 fully saturated rings. The van der Waals surface area contributed by atoms with Gasteiger partial charge in [0, 0.05) is 0 Å². The fourth-order valence-electron chi connectivity index (χ4n) is 1.67. The van der Waals surface area contributed by atoms with Crippen LogP contribution in [0.4, 0.5) is 0 Å². The van der Waals surface area contributed by atoms with Crippen molar-refractivity contribution in [1.82, 2.24) is 0 Å². The van der Waals surface area contributed by atoms with Gasteiger partial charge in [0.25, 0.3) is 0 Å². The summed E-state index contributed by atoms with van der Waals surface area (Å²) in [6, 6.07) is 4.02. The van der Waals surface area contributed by atoms with Crippen LogP contribution < -0.4 is 0 Å². The van der Waals surface area contributed by atoms with Gasteiger partial charge in [-0.3, -0.25) is 0 Å². The normalized spacial score (nSPS) is 11.4. The predicted octanol–water partition coefficient (Wildman–Crippen LogP) is 4.05. The van der Waals surface area contributed by atoms with Crippen LogP contribution in [0.3, 0.4) is 0 Å². The molecule has 0 spiro atoms. The van der Waals surface area contributed by atoms with Gasteiger partial charge in [0.1, 0.15) is 0 Å². The second kappa shape index (κ2) is 4.16. The molecule has 1 rings (SSSR count). The van der Waals surface area contributed by atoms with Crippen molar-refractivity contribution >= 4 is 0 Å². The molecule has 0 heteroatoms. The molecule has 4 radical (unpaired) electrons. The molecule has 0 aliphatic heterocycles. The minimum absolute atomic E-state index is 0.452. The highest BCUT2D eigenvalue weighted by Gasteiger charge is 2.09. The molecule has 0 saturated heterocycles. The zero-order valence-corrected chi connectivity index (χ0v) is 9.46. The topological polar surface area (TPSA) is 0 Å². The number of hydrogen-bond donors (Lipinski definition) is 0. The standard InChI is InChI=1S/C14H18/c1-9(2)13-8-14(10(3)4)12(6)7-11(13)5/h5-10H,1-4H3. The number of rotatable bonds is 2. The molecule has 0 nitrogen and oxygen atoms in total. The monoisotopic (exact) mass is 186 g/mol. The van der Waals surface area contributed by atoms with Gasteiger partial charge in [-0.2, -0.15) is 0 Å². The highest BCUT2D eigenvalue weighted by atomic mass is 14.1. The average Bonchev–Trinajstić information content (AvgIpc) is 2.02. The maximum Gasteiger partial charge on any atom is -0.000890 e. The van der Waals surface area contributed by atoms with Crippen LogP contribution in [0.5, 0.6) is 0 Å². The summed E-state index contributed by atoms with van der Waals surface area (Å²) in [7, 11) is 0. The smallest absolute Gasteiger partial charge is 0.000890 e. The predicted molar refractivity (Wildman–Crippen MR) is 61.4 cm³/mol. The Hall–Kier alpha value is -0.780. The fourth-order valence-corrected chi connectivity index (χ4v) is 1.67. The van der Waals surface area contributed by atoms with E-state index in [1.807, 2.05) is 6.07 Å². The van der Waals surface area contributed by atoms with Crippen LogP contribution in [0, 0.1) is 13.8 Å². The van der Waals surface area contributed by atoms with E-state index in [4.69, 9.17) is 13.8 Å². The van der Waals surface area contributed by atoms with Crippen molar-refractivity contribution in [2.45, 2.75) is 39.5 Å².